The summed E-state index contributed by atoms with van der Waals surface area (Å²) in [7, 11) is 0. The molecule has 1 heterocycles. The third kappa shape index (κ3) is 5.46. The van der Waals surface area contributed by atoms with Gasteiger partial charge in [-0.15, -0.1) is 0 Å². The van der Waals surface area contributed by atoms with Crippen molar-refractivity contribution in [1.82, 2.24) is 4.90 Å². The van der Waals surface area contributed by atoms with Gasteiger partial charge in [0.05, 0.1) is 19.1 Å². The number of nitrogens with zero attached hydrogens (tertiary/aromatic N) is 1. The normalized spacial score (nSPS) is 18.5. The Labute approximate surface area is 150 Å². The van der Waals surface area contributed by atoms with Crippen molar-refractivity contribution >= 4 is 40.2 Å². The first-order valence-electron chi connectivity index (χ1n) is 7.94. The average molecular weight is 430 g/mol. The van der Waals surface area contributed by atoms with Crippen LogP contribution in [0.2, 0.25) is 0 Å². The van der Waals surface area contributed by atoms with Gasteiger partial charge in [0.2, 0.25) is 5.91 Å². The standard InChI is InChI=1S/C17H23IN2O3/c1-3-23-17(22)13-5-4-8-20(10-13)11-16(21)19-15-7-6-14(18)9-12(15)2/h6-7,9,13H,3-5,8,10-11H2,1-2H3,(H,19,21). The number of hydrogen-bond donors (Lipinski definition) is 1. The van der Waals surface area contributed by atoms with Gasteiger partial charge in [-0.2, -0.15) is 0 Å². The van der Waals surface area contributed by atoms with E-state index in [1.54, 1.807) is 0 Å². The van der Waals surface area contributed by atoms with Crippen molar-refractivity contribution in [2.45, 2.75) is 26.7 Å². The number of hydrogen-bond acceptors (Lipinski definition) is 4. The van der Waals surface area contributed by atoms with Crippen molar-refractivity contribution in [3.05, 3.63) is 27.3 Å². The number of rotatable bonds is 5. The van der Waals surface area contributed by atoms with Crippen LogP contribution >= 0.6 is 22.6 Å². The molecule has 1 fully saturated rings. The molecule has 1 aromatic carbocycles. The van der Waals surface area contributed by atoms with Crippen molar-refractivity contribution in [3.8, 4) is 0 Å². The van der Waals surface area contributed by atoms with Crippen molar-refractivity contribution in [3.63, 3.8) is 0 Å². The molecule has 0 aliphatic carbocycles. The molecule has 1 N–H and O–H groups in total. The highest BCUT2D eigenvalue weighted by Gasteiger charge is 2.27. The minimum absolute atomic E-state index is 0.0428. The van der Waals surface area contributed by atoms with E-state index in [1.165, 1.54) is 0 Å². The van der Waals surface area contributed by atoms with Crippen molar-refractivity contribution in [2.24, 2.45) is 5.92 Å². The summed E-state index contributed by atoms with van der Waals surface area (Å²) >= 11 is 2.25. The summed E-state index contributed by atoms with van der Waals surface area (Å²) in [5.41, 5.74) is 1.89. The number of halogens is 1. The number of ether oxygens (including phenoxy) is 1. The summed E-state index contributed by atoms with van der Waals surface area (Å²) in [6.45, 7) is 5.95. The molecule has 1 aliphatic heterocycles. The molecular formula is C17H23IN2O3. The minimum Gasteiger partial charge on any atom is -0.466 e. The number of piperidine rings is 1. The monoisotopic (exact) mass is 430 g/mol. The van der Waals surface area contributed by atoms with Gasteiger partial charge in [-0.05, 0) is 79.6 Å². The number of amides is 1. The lowest BCUT2D eigenvalue weighted by Crippen LogP contribution is -2.43. The van der Waals surface area contributed by atoms with Crippen LogP contribution in [0.5, 0.6) is 0 Å². The number of carbonyl (C=O) groups excluding carboxylic acids is 2. The SMILES string of the molecule is CCOC(=O)C1CCCN(CC(=O)Nc2ccc(I)cc2C)C1. The Morgan fingerprint density at radius 1 is 1.43 bits per heavy atom. The predicted octanol–water partition coefficient (Wildman–Crippen LogP) is 2.81. The molecular weight excluding hydrogens is 407 g/mol. The van der Waals surface area contributed by atoms with E-state index in [-0.39, 0.29) is 17.8 Å². The summed E-state index contributed by atoms with van der Waals surface area (Å²) in [6, 6.07) is 5.93. The van der Waals surface area contributed by atoms with Crippen molar-refractivity contribution in [1.29, 1.82) is 0 Å². The molecule has 23 heavy (non-hydrogen) atoms. The number of anilines is 1. The Balaban J connectivity index is 1.88. The Bertz CT molecular complexity index is 577. The summed E-state index contributed by atoms with van der Waals surface area (Å²) in [4.78, 5) is 26.1. The molecule has 1 atom stereocenters. The van der Waals surface area contributed by atoms with Crippen LogP contribution in [0.25, 0.3) is 0 Å². The fourth-order valence-electron chi connectivity index (χ4n) is 2.81. The van der Waals surface area contributed by atoms with E-state index in [0.29, 0.717) is 19.7 Å². The van der Waals surface area contributed by atoms with Crippen LogP contribution < -0.4 is 5.32 Å². The molecule has 126 valence electrons. The minimum atomic E-state index is -0.147. The second kappa shape index (κ2) is 8.63. The van der Waals surface area contributed by atoms with Gasteiger partial charge in [0.15, 0.2) is 0 Å². The molecule has 2 rings (SSSR count). The lowest BCUT2D eigenvalue weighted by atomic mass is 9.98. The van der Waals surface area contributed by atoms with Crippen LogP contribution in [0.3, 0.4) is 0 Å². The fourth-order valence-corrected chi connectivity index (χ4v) is 3.46. The number of aryl methyl sites for hydroxylation is 1. The number of esters is 1. The van der Waals surface area contributed by atoms with Crippen LogP contribution in [0, 0.1) is 16.4 Å². The van der Waals surface area contributed by atoms with Crippen LogP contribution in [0.4, 0.5) is 5.69 Å². The summed E-state index contributed by atoms with van der Waals surface area (Å²) in [5.74, 6) is -0.304. The summed E-state index contributed by atoms with van der Waals surface area (Å²) in [6.07, 6.45) is 1.76. The maximum atomic E-state index is 12.2. The second-order valence-corrected chi connectivity index (χ2v) is 7.08. The van der Waals surface area contributed by atoms with Gasteiger partial charge in [-0.25, -0.2) is 0 Å². The maximum absolute atomic E-state index is 12.2. The first kappa shape index (κ1) is 18.2. The lowest BCUT2D eigenvalue weighted by Gasteiger charge is -2.30. The average Bonchev–Trinajstić information content (AvgIpc) is 2.50. The second-order valence-electron chi connectivity index (χ2n) is 5.83. The zero-order valence-corrected chi connectivity index (χ0v) is 15.8. The van der Waals surface area contributed by atoms with Gasteiger partial charge in [-0.3, -0.25) is 14.5 Å². The summed E-state index contributed by atoms with van der Waals surface area (Å²) in [5, 5.41) is 2.95. The highest BCUT2D eigenvalue weighted by molar-refractivity contribution is 14.1. The topological polar surface area (TPSA) is 58.6 Å². The quantitative estimate of drug-likeness (QED) is 0.577. The van der Waals surface area contributed by atoms with Crippen LogP contribution in [-0.4, -0.2) is 43.0 Å². The van der Waals surface area contributed by atoms with Gasteiger partial charge in [0.1, 0.15) is 0 Å². The molecule has 5 nitrogen and oxygen atoms in total. The first-order chi connectivity index (χ1) is 11.0. The van der Waals surface area contributed by atoms with Gasteiger partial charge < -0.3 is 10.1 Å². The molecule has 1 unspecified atom stereocenters. The van der Waals surface area contributed by atoms with Crippen molar-refractivity contribution in [2.75, 3.05) is 31.6 Å². The molecule has 0 bridgehead atoms. The van der Waals surface area contributed by atoms with Crippen LogP contribution in [0.15, 0.2) is 18.2 Å². The van der Waals surface area contributed by atoms with E-state index in [1.807, 2.05) is 36.9 Å². The van der Waals surface area contributed by atoms with E-state index in [0.717, 1.165) is 34.2 Å². The van der Waals surface area contributed by atoms with E-state index in [2.05, 4.69) is 27.9 Å². The Morgan fingerprint density at radius 2 is 2.22 bits per heavy atom. The van der Waals surface area contributed by atoms with E-state index in [4.69, 9.17) is 4.74 Å². The maximum Gasteiger partial charge on any atom is 0.310 e. The molecule has 1 aromatic rings. The molecule has 6 heteroatoms. The number of nitrogens with one attached hydrogen (secondary N) is 1. The third-order valence-electron chi connectivity index (χ3n) is 3.96. The molecule has 0 radical (unpaired) electrons. The Morgan fingerprint density at radius 3 is 2.91 bits per heavy atom. The molecule has 1 amide bonds. The first-order valence-corrected chi connectivity index (χ1v) is 9.02. The number of likely N-dealkylation sites (tertiary alicyclic amines) is 1. The zero-order valence-electron chi connectivity index (χ0n) is 13.6. The van der Waals surface area contributed by atoms with Gasteiger partial charge >= 0.3 is 5.97 Å². The Hall–Kier alpha value is -1.15. The van der Waals surface area contributed by atoms with E-state index >= 15 is 0 Å². The summed E-state index contributed by atoms with van der Waals surface area (Å²) < 4.78 is 6.24. The molecule has 1 saturated heterocycles. The largest absolute Gasteiger partial charge is 0.466 e. The highest BCUT2D eigenvalue weighted by Crippen LogP contribution is 2.19. The predicted molar refractivity (Wildman–Crippen MR) is 98.3 cm³/mol. The molecule has 0 saturated carbocycles. The van der Waals surface area contributed by atoms with Crippen LogP contribution in [0.1, 0.15) is 25.3 Å². The number of carbonyl (C=O) groups is 2. The molecule has 1 aliphatic rings. The van der Waals surface area contributed by atoms with Gasteiger partial charge in [-0.1, -0.05) is 0 Å². The lowest BCUT2D eigenvalue weighted by molar-refractivity contribution is -0.150. The van der Waals surface area contributed by atoms with Gasteiger partial charge in [0, 0.05) is 15.8 Å². The number of benzene rings is 1. The Kier molecular flexibility index (Phi) is 6.83. The van der Waals surface area contributed by atoms with E-state index in [9.17, 15) is 9.59 Å². The van der Waals surface area contributed by atoms with Gasteiger partial charge in [0.25, 0.3) is 0 Å². The van der Waals surface area contributed by atoms with Crippen LogP contribution in [-0.2, 0) is 14.3 Å². The molecule has 0 spiro atoms. The fraction of sp³-hybridized carbons (Fsp3) is 0.529. The van der Waals surface area contributed by atoms with E-state index < -0.39 is 0 Å². The smallest absolute Gasteiger partial charge is 0.310 e. The zero-order chi connectivity index (χ0) is 16.8. The molecule has 0 aromatic heterocycles. The third-order valence-corrected chi connectivity index (χ3v) is 4.63. The van der Waals surface area contributed by atoms with Crippen molar-refractivity contribution < 1.29 is 14.3 Å². The highest BCUT2D eigenvalue weighted by atomic mass is 127.